The number of rotatable bonds is 6. The number of hydrogen-bond donors (Lipinski definition) is 0. The molecule has 0 aliphatic carbocycles. The molecule has 0 bridgehead atoms. The van der Waals surface area contributed by atoms with Crippen LogP contribution in [0.15, 0.2) is 40.2 Å². The minimum Gasteiger partial charge on any atom is -0.441 e. The van der Waals surface area contributed by atoms with Gasteiger partial charge in [0.2, 0.25) is 0 Å². The van der Waals surface area contributed by atoms with E-state index in [2.05, 4.69) is 15.1 Å². The van der Waals surface area contributed by atoms with Crippen molar-refractivity contribution in [3.8, 4) is 23.4 Å². The summed E-state index contributed by atoms with van der Waals surface area (Å²) in [6.07, 6.45) is -0.0957. The van der Waals surface area contributed by atoms with Crippen LogP contribution in [0.1, 0.15) is 16.7 Å². The molecule has 0 radical (unpaired) electrons. The molecule has 2 heterocycles. The summed E-state index contributed by atoms with van der Waals surface area (Å²) in [4.78, 5) is 20.5. The number of benzene rings is 1. The number of aromatic nitrogens is 3. The highest BCUT2D eigenvalue weighted by molar-refractivity contribution is 7.10. The second kappa shape index (κ2) is 7.02. The van der Waals surface area contributed by atoms with E-state index in [1.807, 2.05) is 41.8 Å². The Labute approximate surface area is 141 Å². The Kier molecular flexibility index (Phi) is 4.63. The zero-order valence-corrected chi connectivity index (χ0v) is 13.5. The van der Waals surface area contributed by atoms with Crippen LogP contribution in [-0.2, 0) is 4.79 Å². The van der Waals surface area contributed by atoms with Gasteiger partial charge < -0.3 is 4.74 Å². The van der Waals surface area contributed by atoms with Crippen LogP contribution in [0.4, 0.5) is 0 Å². The second-order valence-corrected chi connectivity index (χ2v) is 5.75. The molecule has 0 aliphatic rings. The molecule has 0 spiro atoms. The molecule has 0 N–H and O–H groups in total. The maximum atomic E-state index is 12.2. The molecule has 1 unspecified atom stereocenters. The van der Waals surface area contributed by atoms with Crippen LogP contribution in [-0.4, -0.2) is 27.5 Å². The molecule has 3 aromatic rings. The Bertz CT molecular complexity index is 882. The number of carbonyl (C=O) groups excluding carboxylic acids is 1. The zero-order valence-electron chi connectivity index (χ0n) is 12.7. The van der Waals surface area contributed by atoms with Gasteiger partial charge in [-0.05, 0) is 6.92 Å². The van der Waals surface area contributed by atoms with Crippen LogP contribution < -0.4 is 4.74 Å². The van der Waals surface area contributed by atoms with E-state index in [1.54, 1.807) is 6.92 Å². The number of carbonyl (C=O) groups is 1. The first-order valence-electron chi connectivity index (χ1n) is 7.03. The SMILES string of the molecule is Cc1noc(OCC(=O)C(C#N)c2nc(-c3ccccc3)cs2)n1. The first kappa shape index (κ1) is 15.8. The number of nitriles is 1. The summed E-state index contributed by atoms with van der Waals surface area (Å²) in [6, 6.07) is 11.5. The summed E-state index contributed by atoms with van der Waals surface area (Å²) in [5.74, 6) is -1.000. The third kappa shape index (κ3) is 3.47. The molecule has 0 fully saturated rings. The third-order valence-electron chi connectivity index (χ3n) is 3.14. The van der Waals surface area contributed by atoms with Crippen molar-refractivity contribution in [2.24, 2.45) is 0 Å². The van der Waals surface area contributed by atoms with Gasteiger partial charge in [-0.2, -0.15) is 10.2 Å². The van der Waals surface area contributed by atoms with E-state index in [-0.39, 0.29) is 12.7 Å². The van der Waals surface area contributed by atoms with Crippen molar-refractivity contribution in [3.63, 3.8) is 0 Å². The number of nitrogens with zero attached hydrogens (tertiary/aromatic N) is 4. The van der Waals surface area contributed by atoms with E-state index in [9.17, 15) is 10.1 Å². The van der Waals surface area contributed by atoms with Crippen LogP contribution in [0, 0.1) is 18.3 Å². The molecule has 24 heavy (non-hydrogen) atoms. The first-order chi connectivity index (χ1) is 11.7. The van der Waals surface area contributed by atoms with E-state index in [0.717, 1.165) is 11.3 Å². The van der Waals surface area contributed by atoms with E-state index in [4.69, 9.17) is 9.26 Å². The van der Waals surface area contributed by atoms with Crippen molar-refractivity contribution in [2.45, 2.75) is 12.8 Å². The van der Waals surface area contributed by atoms with Gasteiger partial charge in [0, 0.05) is 10.9 Å². The van der Waals surface area contributed by atoms with Gasteiger partial charge in [0.1, 0.15) is 5.01 Å². The van der Waals surface area contributed by atoms with Gasteiger partial charge in [0.05, 0.1) is 11.8 Å². The lowest BCUT2D eigenvalue weighted by Crippen LogP contribution is -2.19. The molecule has 0 amide bonds. The molecular weight excluding hydrogens is 328 g/mol. The molecule has 2 aromatic heterocycles. The minimum atomic E-state index is -0.989. The predicted molar refractivity (Wildman–Crippen MR) is 85.4 cm³/mol. The maximum Gasteiger partial charge on any atom is 0.417 e. The van der Waals surface area contributed by atoms with E-state index >= 15 is 0 Å². The van der Waals surface area contributed by atoms with Crippen molar-refractivity contribution in [1.29, 1.82) is 5.26 Å². The number of ketones is 1. The van der Waals surface area contributed by atoms with Crippen molar-refractivity contribution in [3.05, 3.63) is 46.5 Å². The van der Waals surface area contributed by atoms with Crippen LogP contribution in [0.25, 0.3) is 11.3 Å². The molecule has 3 rings (SSSR count). The van der Waals surface area contributed by atoms with Gasteiger partial charge in [-0.15, -0.1) is 11.3 Å². The number of thiazole rings is 1. The van der Waals surface area contributed by atoms with Crippen LogP contribution >= 0.6 is 11.3 Å². The Balaban J connectivity index is 1.71. The first-order valence-corrected chi connectivity index (χ1v) is 7.91. The second-order valence-electron chi connectivity index (χ2n) is 4.86. The number of hydrogen-bond acceptors (Lipinski definition) is 8. The smallest absolute Gasteiger partial charge is 0.417 e. The molecule has 7 nitrogen and oxygen atoms in total. The summed E-state index contributed by atoms with van der Waals surface area (Å²) in [6.45, 7) is 1.30. The van der Waals surface area contributed by atoms with Crippen molar-refractivity contribution < 1.29 is 14.1 Å². The van der Waals surface area contributed by atoms with Crippen LogP contribution in [0.2, 0.25) is 0 Å². The molecule has 120 valence electrons. The molecule has 1 atom stereocenters. The largest absolute Gasteiger partial charge is 0.441 e. The molecule has 0 saturated carbocycles. The zero-order chi connectivity index (χ0) is 16.9. The molecule has 0 saturated heterocycles. The summed E-state index contributed by atoms with van der Waals surface area (Å²) < 4.78 is 9.88. The monoisotopic (exact) mass is 340 g/mol. The minimum absolute atomic E-state index is 0.0957. The van der Waals surface area contributed by atoms with Gasteiger partial charge >= 0.3 is 6.08 Å². The van der Waals surface area contributed by atoms with Crippen molar-refractivity contribution >= 4 is 17.1 Å². The molecular formula is C16H12N4O3S. The fraction of sp³-hybridized carbons (Fsp3) is 0.188. The van der Waals surface area contributed by atoms with Gasteiger partial charge in [-0.3, -0.25) is 9.32 Å². The lowest BCUT2D eigenvalue weighted by molar-refractivity contribution is -0.121. The van der Waals surface area contributed by atoms with Gasteiger partial charge in [0.25, 0.3) is 0 Å². The number of ether oxygens (including phenoxy) is 1. The lowest BCUT2D eigenvalue weighted by Gasteiger charge is -2.04. The summed E-state index contributed by atoms with van der Waals surface area (Å²) in [5, 5.41) is 15.1. The highest BCUT2D eigenvalue weighted by atomic mass is 32.1. The van der Waals surface area contributed by atoms with Crippen molar-refractivity contribution in [2.75, 3.05) is 6.61 Å². The quantitative estimate of drug-likeness (QED) is 0.680. The Morgan fingerprint density at radius 1 is 1.38 bits per heavy atom. The average molecular weight is 340 g/mol. The molecule has 1 aromatic carbocycles. The van der Waals surface area contributed by atoms with Crippen LogP contribution in [0.3, 0.4) is 0 Å². The normalized spacial score (nSPS) is 11.7. The van der Waals surface area contributed by atoms with Gasteiger partial charge in [0.15, 0.2) is 24.1 Å². The lowest BCUT2D eigenvalue weighted by atomic mass is 10.1. The van der Waals surface area contributed by atoms with E-state index < -0.39 is 11.7 Å². The molecule has 8 heteroatoms. The highest BCUT2D eigenvalue weighted by Crippen LogP contribution is 2.27. The summed E-state index contributed by atoms with van der Waals surface area (Å²) in [7, 11) is 0. The van der Waals surface area contributed by atoms with Crippen LogP contribution in [0.5, 0.6) is 6.08 Å². The maximum absolute atomic E-state index is 12.2. The Morgan fingerprint density at radius 3 is 2.83 bits per heavy atom. The highest BCUT2D eigenvalue weighted by Gasteiger charge is 2.25. The fourth-order valence-electron chi connectivity index (χ4n) is 1.98. The Hall–Kier alpha value is -3.05. The predicted octanol–water partition coefficient (Wildman–Crippen LogP) is 2.76. The van der Waals surface area contributed by atoms with Gasteiger partial charge in [-0.25, -0.2) is 4.98 Å². The number of Topliss-reactive ketones (excluding diaryl/α,β-unsaturated/α-hetero) is 1. The number of aryl methyl sites for hydroxylation is 1. The fourth-order valence-corrected chi connectivity index (χ4v) is 2.87. The van der Waals surface area contributed by atoms with Crippen molar-refractivity contribution in [1.82, 2.24) is 15.1 Å². The van der Waals surface area contributed by atoms with E-state index in [1.165, 1.54) is 11.3 Å². The average Bonchev–Trinajstić information content (AvgIpc) is 3.24. The third-order valence-corrected chi connectivity index (χ3v) is 4.05. The topological polar surface area (TPSA) is 102 Å². The molecule has 0 aliphatic heterocycles. The standard InChI is InChI=1S/C16H12N4O3S/c1-10-18-16(23-20-10)22-8-14(21)12(7-17)15-19-13(9-24-15)11-5-3-2-4-6-11/h2-6,9,12H,8H2,1H3. The summed E-state index contributed by atoms with van der Waals surface area (Å²) in [5.41, 5.74) is 1.67. The van der Waals surface area contributed by atoms with Gasteiger partial charge in [-0.1, -0.05) is 35.5 Å². The Morgan fingerprint density at radius 2 is 2.17 bits per heavy atom. The van der Waals surface area contributed by atoms with E-state index in [0.29, 0.717) is 10.8 Å². The summed E-state index contributed by atoms with van der Waals surface area (Å²) >= 11 is 1.27.